The van der Waals surface area contributed by atoms with E-state index in [9.17, 15) is 0 Å². The zero-order valence-electron chi connectivity index (χ0n) is 11.2. The Hall–Kier alpha value is -1.88. The number of aryl methyl sites for hydroxylation is 2. The molecule has 0 fully saturated rings. The second kappa shape index (κ2) is 5.84. The number of rotatable bonds is 5. The minimum atomic E-state index is 0.444. The van der Waals surface area contributed by atoms with Gasteiger partial charge in [-0.05, 0) is 42.7 Å². The van der Waals surface area contributed by atoms with E-state index >= 15 is 0 Å². The Kier molecular flexibility index (Phi) is 4.16. The first-order chi connectivity index (χ1) is 9.06. The summed E-state index contributed by atoms with van der Waals surface area (Å²) in [7, 11) is 1.93. The molecule has 19 heavy (non-hydrogen) atoms. The van der Waals surface area contributed by atoms with Gasteiger partial charge in [0, 0.05) is 31.0 Å². The van der Waals surface area contributed by atoms with Crippen molar-refractivity contribution in [1.29, 1.82) is 0 Å². The molecule has 2 rings (SSSR count). The smallest absolute Gasteiger partial charge is 0.104 e. The van der Waals surface area contributed by atoms with Crippen molar-refractivity contribution in [2.24, 2.45) is 12.8 Å². The Bertz CT molecular complexity index is 589. The average Bonchev–Trinajstić information content (AvgIpc) is 2.75. The highest BCUT2D eigenvalue weighted by atomic mass is 32.1. The van der Waals surface area contributed by atoms with Crippen molar-refractivity contribution in [3.05, 3.63) is 47.3 Å². The number of benzene rings is 1. The molecule has 1 aromatic heterocycles. The third-order valence-electron chi connectivity index (χ3n) is 2.99. The Balaban J connectivity index is 1.93. The van der Waals surface area contributed by atoms with E-state index < -0.39 is 0 Å². The summed E-state index contributed by atoms with van der Waals surface area (Å²) in [5.41, 5.74) is 9.99. The maximum absolute atomic E-state index is 5.64. The van der Waals surface area contributed by atoms with Crippen LogP contribution in [-0.2, 0) is 13.5 Å². The number of nitrogens with two attached hydrogens (primary N) is 1. The molecule has 5 heteroatoms. The molecule has 0 amide bonds. The average molecular weight is 274 g/mol. The molecule has 0 unspecified atom stereocenters. The zero-order valence-corrected chi connectivity index (χ0v) is 12.0. The topological polar surface area (TPSA) is 55.9 Å². The normalized spacial score (nSPS) is 10.4. The van der Waals surface area contributed by atoms with Gasteiger partial charge >= 0.3 is 0 Å². The monoisotopic (exact) mass is 274 g/mol. The number of thiocarbonyl (C=S) groups is 1. The summed E-state index contributed by atoms with van der Waals surface area (Å²) in [6.45, 7) is 2.89. The highest BCUT2D eigenvalue weighted by Gasteiger charge is 2.02. The number of hydrogen-bond acceptors (Lipinski definition) is 3. The first-order valence-electron chi connectivity index (χ1n) is 6.18. The lowest BCUT2D eigenvalue weighted by Gasteiger charge is -2.09. The van der Waals surface area contributed by atoms with E-state index in [4.69, 9.17) is 18.0 Å². The zero-order chi connectivity index (χ0) is 13.8. The van der Waals surface area contributed by atoms with Crippen molar-refractivity contribution in [3.63, 3.8) is 0 Å². The Labute approximate surface area is 118 Å². The van der Waals surface area contributed by atoms with Gasteiger partial charge < -0.3 is 11.1 Å². The molecule has 0 spiro atoms. The van der Waals surface area contributed by atoms with E-state index in [-0.39, 0.29) is 0 Å². The van der Waals surface area contributed by atoms with E-state index in [0.29, 0.717) is 4.99 Å². The molecule has 0 aliphatic heterocycles. The minimum Gasteiger partial charge on any atom is -0.389 e. The second-order valence-corrected chi connectivity index (χ2v) is 5.03. The first kappa shape index (κ1) is 13.5. The predicted octanol–water partition coefficient (Wildman–Crippen LogP) is 2.02. The van der Waals surface area contributed by atoms with E-state index in [1.165, 1.54) is 5.56 Å². The third kappa shape index (κ3) is 3.54. The molecule has 100 valence electrons. The highest BCUT2D eigenvalue weighted by Crippen LogP contribution is 2.15. The summed E-state index contributed by atoms with van der Waals surface area (Å²) in [5.74, 6) is 0. The van der Waals surface area contributed by atoms with Crippen LogP contribution in [-0.4, -0.2) is 21.3 Å². The van der Waals surface area contributed by atoms with Crippen LogP contribution in [0.1, 0.15) is 16.7 Å². The van der Waals surface area contributed by atoms with Gasteiger partial charge in [0.15, 0.2) is 0 Å². The van der Waals surface area contributed by atoms with Crippen molar-refractivity contribution in [1.82, 2.24) is 9.78 Å². The molecule has 0 bridgehead atoms. The fourth-order valence-corrected chi connectivity index (χ4v) is 2.23. The van der Waals surface area contributed by atoms with Crippen LogP contribution >= 0.6 is 12.2 Å². The van der Waals surface area contributed by atoms with E-state index in [1.807, 2.05) is 43.2 Å². The summed E-state index contributed by atoms with van der Waals surface area (Å²) in [4.78, 5) is 0.444. The number of hydrogen-bond donors (Lipinski definition) is 2. The van der Waals surface area contributed by atoms with Gasteiger partial charge in [0.1, 0.15) is 4.99 Å². The summed E-state index contributed by atoms with van der Waals surface area (Å²) in [5, 5.41) is 7.54. The van der Waals surface area contributed by atoms with E-state index in [1.54, 1.807) is 0 Å². The maximum atomic E-state index is 5.64. The van der Waals surface area contributed by atoms with Crippen molar-refractivity contribution < 1.29 is 0 Å². The molecule has 3 N–H and O–H groups in total. The molecular formula is C14H18N4S. The van der Waals surface area contributed by atoms with Crippen molar-refractivity contribution in [2.75, 3.05) is 11.9 Å². The Morgan fingerprint density at radius 2 is 2.26 bits per heavy atom. The van der Waals surface area contributed by atoms with Gasteiger partial charge in [-0.1, -0.05) is 12.2 Å². The van der Waals surface area contributed by atoms with E-state index in [0.717, 1.165) is 29.8 Å². The van der Waals surface area contributed by atoms with Crippen LogP contribution in [0.2, 0.25) is 0 Å². The summed E-state index contributed by atoms with van der Waals surface area (Å²) >= 11 is 4.99. The van der Waals surface area contributed by atoms with Crippen LogP contribution in [0.25, 0.3) is 0 Å². The standard InChI is InChI=1S/C14H18N4S/c1-10-7-12(3-4-13(10)14(15)19)16-6-5-11-8-17-18(2)9-11/h3-4,7-9,16H,5-6H2,1-2H3,(H2,15,19). The quantitative estimate of drug-likeness (QED) is 0.819. The summed E-state index contributed by atoms with van der Waals surface area (Å²) < 4.78 is 1.82. The Morgan fingerprint density at radius 3 is 2.84 bits per heavy atom. The fourth-order valence-electron chi connectivity index (χ4n) is 2.00. The molecule has 1 heterocycles. The number of nitrogens with zero attached hydrogens (tertiary/aromatic N) is 2. The van der Waals surface area contributed by atoms with Gasteiger partial charge in [-0.25, -0.2) is 0 Å². The van der Waals surface area contributed by atoms with Crippen molar-refractivity contribution in [2.45, 2.75) is 13.3 Å². The molecule has 1 aromatic carbocycles. The van der Waals surface area contributed by atoms with Crippen LogP contribution in [0.4, 0.5) is 5.69 Å². The molecule has 0 atom stereocenters. The van der Waals surface area contributed by atoms with Crippen molar-refractivity contribution >= 4 is 22.9 Å². The molecule has 0 saturated heterocycles. The van der Waals surface area contributed by atoms with Crippen LogP contribution in [0.15, 0.2) is 30.6 Å². The fraction of sp³-hybridized carbons (Fsp3) is 0.286. The maximum Gasteiger partial charge on any atom is 0.104 e. The molecular weight excluding hydrogens is 256 g/mol. The third-order valence-corrected chi connectivity index (χ3v) is 3.21. The predicted molar refractivity (Wildman–Crippen MR) is 82.5 cm³/mol. The second-order valence-electron chi connectivity index (χ2n) is 4.59. The molecule has 2 aromatic rings. The molecule has 0 saturated carbocycles. The van der Waals surface area contributed by atoms with E-state index in [2.05, 4.69) is 16.5 Å². The Morgan fingerprint density at radius 1 is 1.47 bits per heavy atom. The lowest BCUT2D eigenvalue weighted by molar-refractivity contribution is 0.767. The lowest BCUT2D eigenvalue weighted by atomic mass is 10.1. The van der Waals surface area contributed by atoms with Gasteiger partial charge in [0.05, 0.1) is 6.20 Å². The minimum absolute atomic E-state index is 0.444. The van der Waals surface area contributed by atoms with Gasteiger partial charge in [-0.15, -0.1) is 0 Å². The van der Waals surface area contributed by atoms with Gasteiger partial charge in [-0.3, -0.25) is 4.68 Å². The first-order valence-corrected chi connectivity index (χ1v) is 6.59. The van der Waals surface area contributed by atoms with Crippen LogP contribution in [0.5, 0.6) is 0 Å². The summed E-state index contributed by atoms with van der Waals surface area (Å²) in [6, 6.07) is 6.03. The SMILES string of the molecule is Cc1cc(NCCc2cnn(C)c2)ccc1C(N)=S. The largest absolute Gasteiger partial charge is 0.389 e. The highest BCUT2D eigenvalue weighted by molar-refractivity contribution is 7.80. The molecule has 4 nitrogen and oxygen atoms in total. The van der Waals surface area contributed by atoms with Gasteiger partial charge in [0.25, 0.3) is 0 Å². The molecule has 0 radical (unpaired) electrons. The lowest BCUT2D eigenvalue weighted by Crippen LogP contribution is -2.11. The van der Waals surface area contributed by atoms with Crippen LogP contribution < -0.4 is 11.1 Å². The number of nitrogens with one attached hydrogen (secondary N) is 1. The number of anilines is 1. The van der Waals surface area contributed by atoms with Gasteiger partial charge in [0.2, 0.25) is 0 Å². The van der Waals surface area contributed by atoms with Gasteiger partial charge in [-0.2, -0.15) is 5.10 Å². The summed E-state index contributed by atoms with van der Waals surface area (Å²) in [6.07, 6.45) is 4.87. The molecule has 0 aliphatic carbocycles. The number of aromatic nitrogens is 2. The van der Waals surface area contributed by atoms with Crippen LogP contribution in [0, 0.1) is 6.92 Å². The molecule has 0 aliphatic rings. The van der Waals surface area contributed by atoms with Crippen LogP contribution in [0.3, 0.4) is 0 Å². The van der Waals surface area contributed by atoms with Crippen molar-refractivity contribution in [3.8, 4) is 0 Å².